The summed E-state index contributed by atoms with van der Waals surface area (Å²) in [6.07, 6.45) is 2.33. The van der Waals surface area contributed by atoms with Gasteiger partial charge in [-0.1, -0.05) is 60.2 Å². The number of fused-ring (bicyclic) bond motifs is 3. The van der Waals surface area contributed by atoms with E-state index in [0.29, 0.717) is 13.0 Å². The lowest BCUT2D eigenvalue weighted by atomic mass is 9.83. The van der Waals surface area contributed by atoms with Gasteiger partial charge < -0.3 is 10.1 Å². The molecule has 3 aromatic carbocycles. The van der Waals surface area contributed by atoms with Crippen molar-refractivity contribution in [1.82, 2.24) is 0 Å². The van der Waals surface area contributed by atoms with Gasteiger partial charge in [0.25, 0.3) is 0 Å². The molecular weight excluding hydrogens is 346 g/mol. The summed E-state index contributed by atoms with van der Waals surface area (Å²) >= 11 is 0. The van der Waals surface area contributed by atoms with Crippen LogP contribution in [0.5, 0.6) is 5.75 Å². The Bertz CT molecular complexity index is 1040. The van der Waals surface area contributed by atoms with Crippen molar-refractivity contribution in [2.24, 2.45) is 0 Å². The van der Waals surface area contributed by atoms with E-state index < -0.39 is 0 Å². The van der Waals surface area contributed by atoms with E-state index in [1.165, 1.54) is 5.57 Å². The second-order valence-corrected chi connectivity index (χ2v) is 7.50. The number of anilines is 1. The largest absolute Gasteiger partial charge is 0.493 e. The van der Waals surface area contributed by atoms with Gasteiger partial charge in [-0.25, -0.2) is 0 Å². The highest BCUT2D eigenvalue weighted by Gasteiger charge is 2.29. The van der Waals surface area contributed by atoms with Crippen LogP contribution in [0.25, 0.3) is 10.8 Å². The summed E-state index contributed by atoms with van der Waals surface area (Å²) in [6, 6.07) is 20.5. The normalized spacial score (nSPS) is 15.8. The molecular formula is C25H25NO2. The van der Waals surface area contributed by atoms with Gasteiger partial charge in [0, 0.05) is 23.3 Å². The Balaban J connectivity index is 1.70. The summed E-state index contributed by atoms with van der Waals surface area (Å²) in [5, 5.41) is 5.31. The summed E-state index contributed by atoms with van der Waals surface area (Å²) < 4.78 is 6.11. The van der Waals surface area contributed by atoms with E-state index in [-0.39, 0.29) is 11.8 Å². The fourth-order valence-electron chi connectivity index (χ4n) is 3.94. The molecule has 4 rings (SSSR count). The predicted molar refractivity (Wildman–Crippen MR) is 115 cm³/mol. The number of ether oxygens (including phenoxy) is 1. The van der Waals surface area contributed by atoms with E-state index in [2.05, 4.69) is 42.2 Å². The molecule has 3 nitrogen and oxygen atoms in total. The number of para-hydroxylation sites is 1. The second kappa shape index (κ2) is 7.89. The van der Waals surface area contributed by atoms with E-state index in [0.717, 1.165) is 46.2 Å². The summed E-state index contributed by atoms with van der Waals surface area (Å²) in [7, 11) is 0. The maximum atomic E-state index is 12.5. The van der Waals surface area contributed by atoms with Crippen molar-refractivity contribution in [1.29, 1.82) is 0 Å². The molecule has 0 radical (unpaired) electrons. The number of carbonyl (C=O) groups excluding carboxylic acids is 1. The van der Waals surface area contributed by atoms with Gasteiger partial charge in [0.1, 0.15) is 5.75 Å². The van der Waals surface area contributed by atoms with Gasteiger partial charge in [-0.05, 0) is 36.8 Å². The zero-order chi connectivity index (χ0) is 19.5. The second-order valence-electron chi connectivity index (χ2n) is 7.50. The lowest BCUT2D eigenvalue weighted by Gasteiger charge is -2.28. The van der Waals surface area contributed by atoms with Gasteiger partial charge in [-0.15, -0.1) is 6.58 Å². The minimum atomic E-state index is -0.00861. The quantitative estimate of drug-likeness (QED) is 0.423. The Morgan fingerprint density at radius 1 is 1.07 bits per heavy atom. The molecule has 3 heteroatoms. The molecule has 1 unspecified atom stereocenters. The zero-order valence-electron chi connectivity index (χ0n) is 16.2. The first kappa shape index (κ1) is 18.3. The molecule has 1 atom stereocenters. The van der Waals surface area contributed by atoms with E-state index in [1.54, 1.807) is 0 Å². The van der Waals surface area contributed by atoms with Gasteiger partial charge in [0.05, 0.1) is 12.3 Å². The van der Waals surface area contributed by atoms with Crippen LogP contribution in [0.15, 0.2) is 72.8 Å². The van der Waals surface area contributed by atoms with Crippen LogP contribution in [0.2, 0.25) is 0 Å². The highest BCUT2D eigenvalue weighted by atomic mass is 16.5. The third-order valence-corrected chi connectivity index (χ3v) is 5.29. The molecule has 1 aliphatic heterocycles. The molecule has 0 saturated heterocycles. The van der Waals surface area contributed by atoms with Gasteiger partial charge in [0.15, 0.2) is 0 Å². The minimum Gasteiger partial charge on any atom is -0.493 e. The number of hydrogen-bond donors (Lipinski definition) is 1. The Morgan fingerprint density at radius 3 is 2.71 bits per heavy atom. The fourth-order valence-corrected chi connectivity index (χ4v) is 3.94. The van der Waals surface area contributed by atoms with Crippen molar-refractivity contribution < 1.29 is 9.53 Å². The summed E-state index contributed by atoms with van der Waals surface area (Å²) in [6.45, 7) is 6.63. The minimum absolute atomic E-state index is 0.00861. The first-order chi connectivity index (χ1) is 13.6. The molecule has 0 spiro atoms. The molecule has 0 aliphatic carbocycles. The van der Waals surface area contributed by atoms with E-state index in [1.807, 2.05) is 37.3 Å². The first-order valence-electron chi connectivity index (χ1n) is 9.81. The predicted octanol–water partition coefficient (Wildman–Crippen LogP) is 6.05. The number of rotatable bonds is 6. The van der Waals surface area contributed by atoms with Crippen LogP contribution < -0.4 is 10.1 Å². The third kappa shape index (κ3) is 3.65. The lowest BCUT2D eigenvalue weighted by molar-refractivity contribution is -0.116. The topological polar surface area (TPSA) is 38.3 Å². The van der Waals surface area contributed by atoms with Gasteiger partial charge in [-0.3, -0.25) is 4.79 Å². The zero-order valence-corrected chi connectivity index (χ0v) is 16.2. The van der Waals surface area contributed by atoms with Gasteiger partial charge in [0.2, 0.25) is 5.91 Å². The summed E-state index contributed by atoms with van der Waals surface area (Å²) in [5.74, 6) is 0.902. The van der Waals surface area contributed by atoms with Crippen LogP contribution in [-0.4, -0.2) is 12.5 Å². The monoisotopic (exact) mass is 371 g/mol. The average molecular weight is 371 g/mol. The molecule has 1 heterocycles. The van der Waals surface area contributed by atoms with E-state index in [9.17, 15) is 4.79 Å². The summed E-state index contributed by atoms with van der Waals surface area (Å²) in [4.78, 5) is 12.5. The Morgan fingerprint density at radius 2 is 1.86 bits per heavy atom. The maximum Gasteiger partial charge on any atom is 0.225 e. The third-order valence-electron chi connectivity index (χ3n) is 5.29. The Kier molecular flexibility index (Phi) is 5.16. The highest BCUT2D eigenvalue weighted by Crippen LogP contribution is 2.43. The molecule has 1 N–H and O–H groups in total. The number of amides is 1. The van der Waals surface area contributed by atoms with E-state index in [4.69, 9.17) is 4.74 Å². The molecule has 3 aromatic rings. The Hall–Kier alpha value is -3.07. The lowest BCUT2D eigenvalue weighted by Crippen LogP contribution is -2.24. The van der Waals surface area contributed by atoms with Crippen LogP contribution in [0.3, 0.4) is 0 Å². The first-order valence-corrected chi connectivity index (χ1v) is 9.81. The number of carbonyl (C=O) groups is 1. The van der Waals surface area contributed by atoms with Crippen LogP contribution in [-0.2, 0) is 4.79 Å². The molecule has 1 aliphatic rings. The summed E-state index contributed by atoms with van der Waals surface area (Å²) in [5.41, 5.74) is 4.32. The standard InChI is InChI=1S/C25H25NO2/c1-17(2)8-7-15-28-23-12-6-5-11-20(23)22-16-24(27)26-25-19-10-4-3-9-18(19)13-14-21(22)25/h3-6,9-14,22H,1,7-8,15-16H2,2H3,(H,26,27). The molecule has 28 heavy (non-hydrogen) atoms. The Labute approximate surface area is 166 Å². The van der Waals surface area contributed by atoms with Crippen molar-refractivity contribution >= 4 is 22.4 Å². The number of benzene rings is 3. The van der Waals surface area contributed by atoms with Crippen molar-refractivity contribution in [2.75, 3.05) is 11.9 Å². The fraction of sp³-hybridized carbons (Fsp3) is 0.240. The molecule has 0 fully saturated rings. The van der Waals surface area contributed by atoms with Crippen molar-refractivity contribution in [2.45, 2.75) is 32.1 Å². The average Bonchev–Trinajstić information content (AvgIpc) is 2.70. The van der Waals surface area contributed by atoms with E-state index >= 15 is 0 Å². The van der Waals surface area contributed by atoms with Crippen LogP contribution in [0.4, 0.5) is 5.69 Å². The molecule has 0 bridgehead atoms. The SMILES string of the molecule is C=C(C)CCCOc1ccccc1C1CC(=O)Nc2c1ccc1ccccc21. The van der Waals surface area contributed by atoms with Crippen LogP contribution >= 0.6 is 0 Å². The van der Waals surface area contributed by atoms with Crippen molar-refractivity contribution in [3.8, 4) is 5.75 Å². The van der Waals surface area contributed by atoms with Crippen LogP contribution in [0.1, 0.15) is 43.2 Å². The van der Waals surface area contributed by atoms with Gasteiger partial charge >= 0.3 is 0 Å². The van der Waals surface area contributed by atoms with Crippen molar-refractivity contribution in [3.63, 3.8) is 0 Å². The number of allylic oxidation sites excluding steroid dienone is 1. The molecule has 0 aromatic heterocycles. The van der Waals surface area contributed by atoms with Gasteiger partial charge in [-0.2, -0.15) is 0 Å². The smallest absolute Gasteiger partial charge is 0.225 e. The molecule has 1 amide bonds. The molecule has 142 valence electrons. The highest BCUT2D eigenvalue weighted by molar-refractivity contribution is 6.06. The van der Waals surface area contributed by atoms with Crippen molar-refractivity contribution in [3.05, 3.63) is 83.9 Å². The van der Waals surface area contributed by atoms with Crippen LogP contribution in [0, 0.1) is 0 Å². The number of nitrogens with one attached hydrogen (secondary N) is 1. The molecule has 0 saturated carbocycles. The maximum absolute atomic E-state index is 12.5. The number of hydrogen-bond acceptors (Lipinski definition) is 2.